The molecule has 7 nitrogen and oxygen atoms in total. The standard InChI is InChI=1S/C15H16N4O3/c1-3-19-9-8-12(18-19)17-14(21)15(2)13(20)16-10-6-4-5-7-11(10)22-15/h4-9H,3H2,1-2H3,(H,16,20)(H,17,18,21)/t15-/m1/s1. The predicted molar refractivity (Wildman–Crippen MR) is 80.6 cm³/mol. The van der Waals surface area contributed by atoms with E-state index in [1.165, 1.54) is 6.92 Å². The minimum absolute atomic E-state index is 0.378. The summed E-state index contributed by atoms with van der Waals surface area (Å²) >= 11 is 0. The van der Waals surface area contributed by atoms with Gasteiger partial charge in [0.25, 0.3) is 17.4 Å². The molecule has 114 valence electrons. The van der Waals surface area contributed by atoms with Crippen LogP contribution in [0.25, 0.3) is 0 Å². The molecule has 0 spiro atoms. The summed E-state index contributed by atoms with van der Waals surface area (Å²) in [6.07, 6.45) is 1.75. The smallest absolute Gasteiger partial charge is 0.279 e. The predicted octanol–water partition coefficient (Wildman–Crippen LogP) is 1.63. The SMILES string of the molecule is CCn1ccc(NC(=O)[C@]2(C)Oc3ccccc3NC2=O)n1. The van der Waals surface area contributed by atoms with Crippen LogP contribution >= 0.6 is 0 Å². The lowest BCUT2D eigenvalue weighted by Gasteiger charge is -2.32. The van der Waals surface area contributed by atoms with E-state index in [1.54, 1.807) is 41.2 Å². The second kappa shape index (κ2) is 5.18. The zero-order chi connectivity index (χ0) is 15.7. The molecule has 2 amide bonds. The number of carbonyl (C=O) groups is 2. The first-order valence-electron chi connectivity index (χ1n) is 6.97. The zero-order valence-corrected chi connectivity index (χ0v) is 12.3. The van der Waals surface area contributed by atoms with E-state index in [9.17, 15) is 9.59 Å². The minimum atomic E-state index is -1.65. The van der Waals surface area contributed by atoms with Crippen molar-refractivity contribution in [2.45, 2.75) is 26.0 Å². The molecule has 2 N–H and O–H groups in total. The van der Waals surface area contributed by atoms with Gasteiger partial charge in [0, 0.05) is 18.8 Å². The fraction of sp³-hybridized carbons (Fsp3) is 0.267. The monoisotopic (exact) mass is 300 g/mol. The number of para-hydroxylation sites is 2. The first kappa shape index (κ1) is 14.1. The molecule has 2 aromatic rings. The highest BCUT2D eigenvalue weighted by Crippen LogP contribution is 2.33. The molecule has 0 aliphatic carbocycles. The minimum Gasteiger partial charge on any atom is -0.466 e. The van der Waals surface area contributed by atoms with Crippen LogP contribution in [0.4, 0.5) is 11.5 Å². The Morgan fingerprint density at radius 1 is 1.41 bits per heavy atom. The van der Waals surface area contributed by atoms with E-state index in [0.29, 0.717) is 23.8 Å². The second-order valence-corrected chi connectivity index (χ2v) is 5.10. The summed E-state index contributed by atoms with van der Waals surface area (Å²) in [5, 5.41) is 9.46. The number of anilines is 2. The second-order valence-electron chi connectivity index (χ2n) is 5.10. The highest BCUT2D eigenvalue weighted by Gasteiger charge is 2.47. The molecule has 1 atom stereocenters. The number of aromatic nitrogens is 2. The van der Waals surface area contributed by atoms with Crippen molar-refractivity contribution < 1.29 is 14.3 Å². The summed E-state index contributed by atoms with van der Waals surface area (Å²) < 4.78 is 7.32. The van der Waals surface area contributed by atoms with Crippen molar-refractivity contribution in [3.8, 4) is 5.75 Å². The third-order valence-electron chi connectivity index (χ3n) is 3.52. The van der Waals surface area contributed by atoms with Crippen LogP contribution in [0.3, 0.4) is 0 Å². The molecule has 3 rings (SSSR count). The lowest BCUT2D eigenvalue weighted by molar-refractivity contribution is -0.143. The number of benzene rings is 1. The van der Waals surface area contributed by atoms with Crippen molar-refractivity contribution in [3.63, 3.8) is 0 Å². The van der Waals surface area contributed by atoms with Crippen LogP contribution < -0.4 is 15.4 Å². The average Bonchev–Trinajstić information content (AvgIpc) is 2.96. The summed E-state index contributed by atoms with van der Waals surface area (Å²) in [6.45, 7) is 4.07. The van der Waals surface area contributed by atoms with Gasteiger partial charge in [-0.05, 0) is 26.0 Å². The number of nitrogens with zero attached hydrogens (tertiary/aromatic N) is 2. The molecule has 7 heteroatoms. The molecule has 0 radical (unpaired) electrons. The Hall–Kier alpha value is -2.83. The summed E-state index contributed by atoms with van der Waals surface area (Å²) in [7, 11) is 0. The van der Waals surface area contributed by atoms with E-state index in [0.717, 1.165) is 0 Å². The van der Waals surface area contributed by atoms with Crippen LogP contribution in [0, 0.1) is 0 Å². The van der Waals surface area contributed by atoms with Crippen LogP contribution in [-0.2, 0) is 16.1 Å². The molecular formula is C15H16N4O3. The highest BCUT2D eigenvalue weighted by molar-refractivity contribution is 6.18. The topological polar surface area (TPSA) is 85.3 Å². The van der Waals surface area contributed by atoms with E-state index < -0.39 is 17.4 Å². The van der Waals surface area contributed by atoms with Crippen molar-refractivity contribution >= 4 is 23.3 Å². The Bertz CT molecular complexity index is 740. The third kappa shape index (κ3) is 2.30. The van der Waals surface area contributed by atoms with Gasteiger partial charge in [0.1, 0.15) is 5.75 Å². The van der Waals surface area contributed by atoms with Crippen LogP contribution in [-0.4, -0.2) is 27.2 Å². The molecule has 0 fully saturated rings. The molecule has 0 bridgehead atoms. The number of rotatable bonds is 3. The Balaban J connectivity index is 1.83. The molecule has 1 aliphatic heterocycles. The molecule has 2 heterocycles. The number of hydrogen-bond acceptors (Lipinski definition) is 4. The number of aryl methyl sites for hydroxylation is 1. The van der Waals surface area contributed by atoms with E-state index in [1.807, 2.05) is 6.92 Å². The first-order chi connectivity index (χ1) is 10.5. The van der Waals surface area contributed by atoms with Gasteiger partial charge in [-0.25, -0.2) is 0 Å². The van der Waals surface area contributed by atoms with Crippen molar-refractivity contribution in [3.05, 3.63) is 36.5 Å². The lowest BCUT2D eigenvalue weighted by atomic mass is 10.0. The molecular weight excluding hydrogens is 284 g/mol. The van der Waals surface area contributed by atoms with Crippen LogP contribution in [0.2, 0.25) is 0 Å². The summed E-state index contributed by atoms with van der Waals surface area (Å²) in [4.78, 5) is 24.7. The maximum absolute atomic E-state index is 12.5. The Kier molecular flexibility index (Phi) is 3.32. The van der Waals surface area contributed by atoms with Crippen molar-refractivity contribution in [2.24, 2.45) is 0 Å². The van der Waals surface area contributed by atoms with Crippen molar-refractivity contribution in [1.29, 1.82) is 0 Å². The molecule has 0 unspecified atom stereocenters. The Labute approximate surface area is 127 Å². The van der Waals surface area contributed by atoms with Gasteiger partial charge in [-0.2, -0.15) is 5.10 Å². The van der Waals surface area contributed by atoms with E-state index in [4.69, 9.17) is 4.74 Å². The number of amides is 2. The normalized spacial score (nSPS) is 19.8. The number of nitrogens with one attached hydrogen (secondary N) is 2. The number of carbonyl (C=O) groups excluding carboxylic acids is 2. The largest absolute Gasteiger partial charge is 0.466 e. The Morgan fingerprint density at radius 3 is 2.91 bits per heavy atom. The number of ether oxygens (including phenoxy) is 1. The zero-order valence-electron chi connectivity index (χ0n) is 12.3. The highest BCUT2D eigenvalue weighted by atomic mass is 16.5. The van der Waals surface area contributed by atoms with Gasteiger partial charge in [0.05, 0.1) is 5.69 Å². The fourth-order valence-electron chi connectivity index (χ4n) is 2.16. The maximum atomic E-state index is 12.5. The lowest BCUT2D eigenvalue weighted by Crippen LogP contribution is -2.56. The van der Waals surface area contributed by atoms with E-state index >= 15 is 0 Å². The average molecular weight is 300 g/mol. The van der Waals surface area contributed by atoms with Gasteiger partial charge in [0.2, 0.25) is 0 Å². The summed E-state index contributed by atoms with van der Waals surface area (Å²) in [5.41, 5.74) is -1.10. The quantitative estimate of drug-likeness (QED) is 0.844. The van der Waals surface area contributed by atoms with Crippen LogP contribution in [0.1, 0.15) is 13.8 Å². The number of hydrogen-bond donors (Lipinski definition) is 2. The Morgan fingerprint density at radius 2 is 2.18 bits per heavy atom. The van der Waals surface area contributed by atoms with Crippen LogP contribution in [0.5, 0.6) is 5.75 Å². The van der Waals surface area contributed by atoms with Gasteiger partial charge in [-0.3, -0.25) is 14.3 Å². The molecule has 22 heavy (non-hydrogen) atoms. The third-order valence-corrected chi connectivity index (χ3v) is 3.52. The first-order valence-corrected chi connectivity index (χ1v) is 6.97. The molecule has 1 aromatic heterocycles. The van der Waals surface area contributed by atoms with Gasteiger partial charge >= 0.3 is 0 Å². The van der Waals surface area contributed by atoms with Gasteiger partial charge in [0.15, 0.2) is 5.82 Å². The molecule has 0 saturated carbocycles. The van der Waals surface area contributed by atoms with Crippen LogP contribution in [0.15, 0.2) is 36.5 Å². The van der Waals surface area contributed by atoms with Crippen molar-refractivity contribution in [2.75, 3.05) is 10.6 Å². The van der Waals surface area contributed by atoms with Gasteiger partial charge in [-0.1, -0.05) is 12.1 Å². The van der Waals surface area contributed by atoms with Crippen molar-refractivity contribution in [1.82, 2.24) is 9.78 Å². The molecule has 1 aliphatic rings. The summed E-state index contributed by atoms with van der Waals surface area (Å²) in [5.74, 6) is -0.248. The molecule has 0 saturated heterocycles. The van der Waals surface area contributed by atoms with Gasteiger partial charge < -0.3 is 15.4 Å². The van der Waals surface area contributed by atoms with E-state index in [-0.39, 0.29) is 0 Å². The fourth-order valence-corrected chi connectivity index (χ4v) is 2.16. The summed E-state index contributed by atoms with van der Waals surface area (Å²) in [6, 6.07) is 8.64. The maximum Gasteiger partial charge on any atom is 0.279 e. The van der Waals surface area contributed by atoms with Gasteiger partial charge in [-0.15, -0.1) is 0 Å². The molecule has 1 aromatic carbocycles. The van der Waals surface area contributed by atoms with E-state index in [2.05, 4.69) is 15.7 Å². The number of fused-ring (bicyclic) bond motifs is 1.